The summed E-state index contributed by atoms with van der Waals surface area (Å²) in [5.41, 5.74) is 11.1. The van der Waals surface area contributed by atoms with Crippen LogP contribution in [0.4, 0.5) is 5.69 Å². The topological polar surface area (TPSA) is 130 Å². The largest absolute Gasteiger partial charge is 0.481 e. The van der Waals surface area contributed by atoms with Gasteiger partial charge in [0.2, 0.25) is 0 Å². The minimum absolute atomic E-state index is 0.280. The van der Waals surface area contributed by atoms with Crippen LogP contribution < -0.4 is 11.5 Å². The Morgan fingerprint density at radius 1 is 1.27 bits per heavy atom. The Morgan fingerprint density at radius 2 is 2.07 bits per heavy atom. The predicted molar refractivity (Wildman–Crippen MR) is 111 cm³/mol. The molecular weight excluding hydrogens is 386 g/mol. The number of pyridine rings is 1. The maximum atomic E-state index is 11.5. The third-order valence-corrected chi connectivity index (χ3v) is 5.74. The van der Waals surface area contributed by atoms with Crippen LogP contribution in [-0.4, -0.2) is 43.4 Å². The van der Waals surface area contributed by atoms with Crippen molar-refractivity contribution in [3.05, 3.63) is 52.8 Å². The molecule has 4 aromatic rings. The molecule has 0 spiro atoms. The number of imidazole rings is 1. The quantitative estimate of drug-likeness (QED) is 0.473. The average molecular weight is 407 g/mol. The van der Waals surface area contributed by atoms with E-state index in [4.69, 9.17) is 15.1 Å². The second-order valence-electron chi connectivity index (χ2n) is 7.71. The highest BCUT2D eigenvalue weighted by molar-refractivity contribution is 5.80. The van der Waals surface area contributed by atoms with Crippen LogP contribution in [0.3, 0.4) is 0 Å². The third kappa shape index (κ3) is 3.22. The standard InChI is InChI=1S/C21H21N5O4/c22-14-2-4-18-24-19(13-1-3-15-17(9-13)30-21(29)23-15)16(26(18)10-14)11-25-7-5-12(6-8-25)20(27)28/h1-4,9-10,12H,5-8,11,22H2,(H,23,29)(H,27,28). The van der Waals surface area contributed by atoms with Gasteiger partial charge in [-0.3, -0.25) is 14.7 Å². The van der Waals surface area contributed by atoms with Gasteiger partial charge in [0.1, 0.15) is 5.65 Å². The molecule has 0 bridgehead atoms. The van der Waals surface area contributed by atoms with Crippen molar-refractivity contribution in [2.24, 2.45) is 5.92 Å². The van der Waals surface area contributed by atoms with Crippen molar-refractivity contribution < 1.29 is 14.3 Å². The van der Waals surface area contributed by atoms with Crippen molar-refractivity contribution in [3.63, 3.8) is 0 Å². The molecule has 0 aliphatic carbocycles. The van der Waals surface area contributed by atoms with Crippen LogP contribution in [-0.2, 0) is 11.3 Å². The zero-order chi connectivity index (χ0) is 20.8. The number of H-pyrrole nitrogens is 1. The highest BCUT2D eigenvalue weighted by atomic mass is 16.4. The second-order valence-corrected chi connectivity index (χ2v) is 7.71. The minimum Gasteiger partial charge on any atom is -0.481 e. The molecule has 1 saturated heterocycles. The number of carboxylic acid groups (broad SMARTS) is 1. The number of rotatable bonds is 4. The molecule has 0 amide bonds. The van der Waals surface area contributed by atoms with Crippen molar-refractivity contribution in [1.82, 2.24) is 19.3 Å². The van der Waals surface area contributed by atoms with Gasteiger partial charge in [0.05, 0.1) is 22.8 Å². The summed E-state index contributed by atoms with van der Waals surface area (Å²) in [6.45, 7) is 2.02. The first kappa shape index (κ1) is 18.4. The molecule has 3 aromatic heterocycles. The molecule has 4 N–H and O–H groups in total. The number of benzene rings is 1. The van der Waals surface area contributed by atoms with E-state index in [1.54, 1.807) is 12.1 Å². The summed E-state index contributed by atoms with van der Waals surface area (Å²) in [5.74, 6) is -1.50. The Hall–Kier alpha value is -3.59. The predicted octanol–water partition coefficient (Wildman–Crippen LogP) is 2.31. The number of likely N-dealkylation sites (tertiary alicyclic amines) is 1. The summed E-state index contributed by atoms with van der Waals surface area (Å²) >= 11 is 0. The zero-order valence-electron chi connectivity index (χ0n) is 16.2. The molecule has 0 saturated carbocycles. The van der Waals surface area contributed by atoms with Crippen LogP contribution in [0.2, 0.25) is 0 Å². The van der Waals surface area contributed by atoms with E-state index in [1.165, 1.54) is 0 Å². The van der Waals surface area contributed by atoms with E-state index < -0.39 is 11.7 Å². The van der Waals surface area contributed by atoms with E-state index in [-0.39, 0.29) is 5.92 Å². The molecule has 1 fully saturated rings. The normalized spacial score (nSPS) is 15.9. The first-order valence-corrected chi connectivity index (χ1v) is 9.83. The lowest BCUT2D eigenvalue weighted by molar-refractivity contribution is -0.143. The number of carbonyl (C=O) groups is 1. The summed E-state index contributed by atoms with van der Waals surface area (Å²) in [7, 11) is 0. The maximum absolute atomic E-state index is 11.5. The monoisotopic (exact) mass is 407 g/mol. The number of oxazole rings is 1. The van der Waals surface area contributed by atoms with E-state index in [1.807, 2.05) is 28.8 Å². The van der Waals surface area contributed by atoms with Gasteiger partial charge in [-0.05, 0) is 50.2 Å². The molecule has 1 aliphatic rings. The Labute approximate surface area is 170 Å². The third-order valence-electron chi connectivity index (χ3n) is 5.74. The molecule has 154 valence electrons. The number of hydrogen-bond donors (Lipinski definition) is 3. The van der Waals surface area contributed by atoms with Crippen molar-refractivity contribution in [2.45, 2.75) is 19.4 Å². The lowest BCUT2D eigenvalue weighted by Gasteiger charge is -2.30. The number of nitrogens with two attached hydrogens (primary N) is 1. The molecule has 4 heterocycles. The van der Waals surface area contributed by atoms with Gasteiger partial charge in [-0.1, -0.05) is 6.07 Å². The van der Waals surface area contributed by atoms with Gasteiger partial charge in [0.15, 0.2) is 5.58 Å². The summed E-state index contributed by atoms with van der Waals surface area (Å²) in [5, 5.41) is 9.25. The highest BCUT2D eigenvalue weighted by Gasteiger charge is 2.26. The number of aromatic nitrogens is 3. The lowest BCUT2D eigenvalue weighted by Crippen LogP contribution is -2.36. The molecule has 9 heteroatoms. The fraction of sp³-hybridized carbons (Fsp3) is 0.286. The number of carboxylic acids is 1. The summed E-state index contributed by atoms with van der Waals surface area (Å²) in [4.78, 5) is 32.5. The zero-order valence-corrected chi connectivity index (χ0v) is 16.2. The summed E-state index contributed by atoms with van der Waals surface area (Å²) < 4.78 is 7.19. The van der Waals surface area contributed by atoms with E-state index in [9.17, 15) is 14.7 Å². The number of aliphatic carboxylic acids is 1. The fourth-order valence-electron chi connectivity index (χ4n) is 4.13. The smallest absolute Gasteiger partial charge is 0.417 e. The number of nitrogen functional groups attached to an aromatic ring is 1. The number of nitrogens with zero attached hydrogens (tertiary/aromatic N) is 3. The number of nitrogens with one attached hydrogen (secondary N) is 1. The Morgan fingerprint density at radius 3 is 2.83 bits per heavy atom. The van der Waals surface area contributed by atoms with E-state index in [0.29, 0.717) is 49.3 Å². The fourth-order valence-corrected chi connectivity index (χ4v) is 4.13. The van der Waals surface area contributed by atoms with Gasteiger partial charge >= 0.3 is 11.7 Å². The van der Waals surface area contributed by atoms with Gasteiger partial charge in [0, 0.05) is 24.0 Å². The Bertz CT molecular complexity index is 1310. The number of aromatic amines is 1. The Balaban J connectivity index is 1.56. The van der Waals surface area contributed by atoms with Gasteiger partial charge in [-0.15, -0.1) is 0 Å². The van der Waals surface area contributed by atoms with Crippen LogP contribution in [0.15, 0.2) is 45.7 Å². The van der Waals surface area contributed by atoms with Crippen LogP contribution in [0.1, 0.15) is 18.5 Å². The lowest BCUT2D eigenvalue weighted by atomic mass is 9.97. The molecule has 1 aliphatic heterocycles. The van der Waals surface area contributed by atoms with Crippen LogP contribution in [0.25, 0.3) is 28.0 Å². The van der Waals surface area contributed by atoms with Crippen LogP contribution in [0.5, 0.6) is 0 Å². The maximum Gasteiger partial charge on any atom is 0.417 e. The molecule has 30 heavy (non-hydrogen) atoms. The summed E-state index contributed by atoms with van der Waals surface area (Å²) in [6, 6.07) is 9.18. The molecule has 9 nitrogen and oxygen atoms in total. The Kier molecular flexibility index (Phi) is 4.32. The van der Waals surface area contributed by atoms with E-state index in [2.05, 4.69) is 9.88 Å². The van der Waals surface area contributed by atoms with Gasteiger partial charge in [0.25, 0.3) is 0 Å². The highest BCUT2D eigenvalue weighted by Crippen LogP contribution is 2.29. The summed E-state index contributed by atoms with van der Waals surface area (Å²) in [6.07, 6.45) is 3.11. The first-order chi connectivity index (χ1) is 14.5. The van der Waals surface area contributed by atoms with Crippen LogP contribution >= 0.6 is 0 Å². The van der Waals surface area contributed by atoms with Gasteiger partial charge in [-0.25, -0.2) is 9.78 Å². The molecule has 1 aromatic carbocycles. The van der Waals surface area contributed by atoms with E-state index >= 15 is 0 Å². The SMILES string of the molecule is Nc1ccc2nc(-c3ccc4[nH]c(=O)oc4c3)c(CN3CCC(C(=O)O)CC3)n2c1. The number of anilines is 1. The number of fused-ring (bicyclic) bond motifs is 2. The van der Waals surface area contributed by atoms with Crippen molar-refractivity contribution in [3.8, 4) is 11.3 Å². The molecule has 5 rings (SSSR count). The van der Waals surface area contributed by atoms with Crippen LogP contribution in [0, 0.1) is 5.92 Å². The van der Waals surface area contributed by atoms with E-state index in [0.717, 1.165) is 22.6 Å². The van der Waals surface area contributed by atoms with Crippen molar-refractivity contribution in [2.75, 3.05) is 18.8 Å². The average Bonchev–Trinajstić information content (AvgIpc) is 3.27. The second kappa shape index (κ2) is 7.03. The number of piperidine rings is 1. The number of hydrogen-bond acceptors (Lipinski definition) is 6. The first-order valence-electron chi connectivity index (χ1n) is 9.83. The molecular formula is C21H21N5O4. The van der Waals surface area contributed by atoms with Crippen molar-refractivity contribution >= 4 is 28.4 Å². The van der Waals surface area contributed by atoms with Gasteiger partial charge in [-0.2, -0.15) is 0 Å². The minimum atomic E-state index is -0.723. The molecule has 0 atom stereocenters. The van der Waals surface area contributed by atoms with Gasteiger partial charge < -0.3 is 19.7 Å². The molecule has 0 unspecified atom stereocenters. The van der Waals surface area contributed by atoms with Crippen molar-refractivity contribution in [1.29, 1.82) is 0 Å². The molecule has 0 radical (unpaired) electrons.